The van der Waals surface area contributed by atoms with Crippen LogP contribution in [0.1, 0.15) is 182 Å². The topological polar surface area (TPSA) is 272 Å². The first kappa shape index (κ1) is 58.3. The highest BCUT2D eigenvalue weighted by molar-refractivity contribution is 6.30. The molecule has 3 atom stereocenters. The van der Waals surface area contributed by atoms with E-state index in [-0.39, 0.29) is 114 Å². The Morgan fingerprint density at radius 2 is 0.844 bits per heavy atom. The van der Waals surface area contributed by atoms with Gasteiger partial charge in [0.25, 0.3) is 0 Å². The monoisotopic (exact) mass is 1190 g/mol. The lowest BCUT2D eigenvalue weighted by Gasteiger charge is -2.41. The van der Waals surface area contributed by atoms with Crippen LogP contribution in [0.4, 0.5) is 0 Å². The van der Waals surface area contributed by atoms with Gasteiger partial charge in [-0.1, -0.05) is 108 Å². The summed E-state index contributed by atoms with van der Waals surface area (Å²) in [5, 5.41) is 28.6. The van der Waals surface area contributed by atoms with Crippen molar-refractivity contribution < 1.29 is 48.3 Å². The van der Waals surface area contributed by atoms with E-state index in [1.807, 2.05) is 71.9 Å². The minimum absolute atomic E-state index is 0.0109. The molecule has 4 N–H and O–H groups in total. The van der Waals surface area contributed by atoms with Crippen molar-refractivity contribution in [3.8, 4) is 11.8 Å². The average molecular weight is 1190 g/mol. The lowest BCUT2D eigenvalue weighted by molar-refractivity contribution is -0.119. The van der Waals surface area contributed by atoms with Gasteiger partial charge in [-0.2, -0.15) is 5.26 Å². The minimum atomic E-state index is -0.698. The number of hydrogen-bond acceptors (Lipinski definition) is 17. The fourth-order valence-electron chi connectivity index (χ4n) is 14.4. The zero-order chi connectivity index (χ0) is 63.5. The second-order valence-electron chi connectivity index (χ2n) is 26.5. The van der Waals surface area contributed by atoms with Crippen LogP contribution in [-0.4, -0.2) is 72.1 Å². The molecule has 0 fully saturated rings. The van der Waals surface area contributed by atoms with Crippen LogP contribution in [-0.2, 0) is 14.4 Å². The summed E-state index contributed by atoms with van der Waals surface area (Å²) in [5.41, 5.74) is 8.90. The highest BCUT2D eigenvalue weighted by Gasteiger charge is 2.51. The number of aromatic hydroxyl groups is 1. The number of dihydropyridines is 3. The molecular weight excluding hydrogens is 1130 g/mol. The lowest BCUT2D eigenvalue weighted by Crippen LogP contribution is -2.42. The maximum Gasteiger partial charge on any atom is 0.228 e. The number of nitriles is 1. The van der Waals surface area contributed by atoms with Crippen molar-refractivity contribution in [3.63, 3.8) is 0 Å². The van der Waals surface area contributed by atoms with Crippen LogP contribution in [0.5, 0.6) is 5.75 Å². The Hall–Kier alpha value is -10.7. The largest absolute Gasteiger partial charge is 0.508 e. The minimum Gasteiger partial charge on any atom is -0.508 e. The fourth-order valence-corrected chi connectivity index (χ4v) is 14.4. The van der Waals surface area contributed by atoms with E-state index in [1.165, 1.54) is 30.7 Å². The summed E-state index contributed by atoms with van der Waals surface area (Å²) >= 11 is 0. The first-order valence-corrected chi connectivity index (χ1v) is 29.7. The molecule has 3 aliphatic heterocycles. The number of phenolic OH excluding ortho intramolecular Hbond substituents is 1. The third-order valence-corrected chi connectivity index (χ3v) is 18.1. The Bertz CT molecular complexity index is 4380. The third kappa shape index (κ3) is 9.79. The Balaban J connectivity index is 0.000000124. The molecule has 446 valence electrons. The van der Waals surface area contributed by atoms with Crippen molar-refractivity contribution >= 4 is 52.0 Å². The summed E-state index contributed by atoms with van der Waals surface area (Å²) in [6.45, 7) is 12.1. The number of fused-ring (bicyclic) bond motifs is 3. The van der Waals surface area contributed by atoms with Crippen molar-refractivity contribution in [2.24, 2.45) is 16.2 Å². The molecule has 6 aromatic rings. The van der Waals surface area contributed by atoms with Crippen molar-refractivity contribution in [1.29, 1.82) is 5.26 Å². The maximum absolute atomic E-state index is 13.6. The van der Waals surface area contributed by atoms with Crippen LogP contribution in [0.25, 0.3) is 0 Å². The van der Waals surface area contributed by atoms with Crippen LogP contribution < -0.4 is 16.0 Å². The summed E-state index contributed by atoms with van der Waals surface area (Å²) < 4.78 is 0. The lowest BCUT2D eigenvalue weighted by atomic mass is 9.66. The summed E-state index contributed by atoms with van der Waals surface area (Å²) in [6.07, 6.45) is 9.13. The molecule has 15 rings (SSSR count). The van der Waals surface area contributed by atoms with E-state index >= 15 is 0 Å². The second kappa shape index (κ2) is 21.5. The summed E-state index contributed by atoms with van der Waals surface area (Å²) in [4.78, 5) is 133. The van der Waals surface area contributed by atoms with Gasteiger partial charge in [0, 0.05) is 134 Å². The number of hydrogen-bond donors (Lipinski definition) is 4. The Morgan fingerprint density at radius 1 is 0.433 bits per heavy atom. The maximum atomic E-state index is 13.6. The SMILES string of the molecule is CC1(C)CC(=O)C2=C(C1)NC1=C(C(=O)c3ccc(O)cc3C1=O)C2c1ccc(C#N)cc1.CC1(C)CC(=O)C2=C(C1)NC1=C(C(=O)c3ccccc3C1=O)C2c1cncnc1.CC1(C)CC(=O)C2=C(C1)NC1=C(C(=O)c3cccnc3C1=O)C2c1ccccc1. The number of rotatable bonds is 3. The Morgan fingerprint density at radius 3 is 1.34 bits per heavy atom. The van der Waals surface area contributed by atoms with Gasteiger partial charge in [0.2, 0.25) is 17.3 Å². The van der Waals surface area contributed by atoms with Crippen LogP contribution in [0.15, 0.2) is 202 Å². The number of nitrogens with one attached hydrogen (secondary N) is 3. The van der Waals surface area contributed by atoms with Gasteiger partial charge in [-0.25, -0.2) is 9.97 Å². The van der Waals surface area contributed by atoms with E-state index in [0.717, 1.165) is 17.0 Å². The standard InChI is InChI=1S/C26H20N2O4.C24H20N2O3.C23H19N3O3/c1-26(2)10-18-21(19(30)11-26)20(14-5-3-13(12-27)4-6-14)22-23(28-18)25(32)17-9-15(29)7-8-16(17)24(22)31;1-24(2)11-15-18(16(27)12-24)17(13-7-4-3-5-8-13)19-21(26-15)23(29)20-14(22(19)28)9-6-10-25-20;1-23(2)7-15-18(16(27)8-23)17(12-9-24-11-25-10-12)19-20(26-15)22(29)14-6-4-3-5-13(14)21(19)28/h3-9,20,28-29H,10-11H2,1-2H3;3-10,17,26H,11-12H2,1-2H3;3-6,9-11,17,26H,7-8H2,1-2H3. The number of allylic oxidation sites excluding steroid dienone is 12. The number of nitrogens with zero attached hydrogens (tertiary/aromatic N) is 4. The van der Waals surface area contributed by atoms with Crippen molar-refractivity contribution in [2.75, 3.05) is 0 Å². The zero-order valence-electron chi connectivity index (χ0n) is 50.1. The smallest absolute Gasteiger partial charge is 0.228 e. The molecule has 4 aromatic carbocycles. The van der Waals surface area contributed by atoms with E-state index < -0.39 is 17.8 Å². The van der Waals surface area contributed by atoms with Gasteiger partial charge in [0.05, 0.1) is 34.3 Å². The summed E-state index contributed by atoms with van der Waals surface area (Å²) in [7, 11) is 0. The molecule has 0 bridgehead atoms. The summed E-state index contributed by atoms with van der Waals surface area (Å²) in [5.74, 6) is -3.74. The molecule has 0 spiro atoms. The Labute approximate surface area is 517 Å². The van der Waals surface area contributed by atoms with Crippen molar-refractivity contribution in [1.82, 2.24) is 30.9 Å². The predicted molar refractivity (Wildman–Crippen MR) is 328 cm³/mol. The molecule has 0 saturated heterocycles. The first-order valence-electron chi connectivity index (χ1n) is 29.7. The molecule has 90 heavy (non-hydrogen) atoms. The molecule has 2 aromatic heterocycles. The van der Waals surface area contributed by atoms with Gasteiger partial charge >= 0.3 is 0 Å². The molecule has 17 nitrogen and oxygen atoms in total. The van der Waals surface area contributed by atoms with Crippen LogP contribution in [0, 0.1) is 27.6 Å². The highest BCUT2D eigenvalue weighted by atomic mass is 16.3. The molecule has 9 aliphatic rings. The van der Waals surface area contributed by atoms with E-state index in [4.69, 9.17) is 5.26 Å². The number of benzene rings is 4. The molecular formula is C73H59N7O10. The van der Waals surface area contributed by atoms with Gasteiger partial charge in [-0.3, -0.25) is 48.1 Å². The van der Waals surface area contributed by atoms with E-state index in [9.17, 15) is 48.3 Å². The zero-order valence-corrected chi connectivity index (χ0v) is 50.1. The van der Waals surface area contributed by atoms with Gasteiger partial charge in [0.1, 0.15) is 17.8 Å². The molecule has 17 heteroatoms. The summed E-state index contributed by atoms with van der Waals surface area (Å²) in [6, 6.07) is 32.6. The molecule has 0 radical (unpaired) electrons. The van der Waals surface area contributed by atoms with Gasteiger partial charge in [0.15, 0.2) is 34.7 Å². The van der Waals surface area contributed by atoms with Gasteiger partial charge in [-0.05, 0) is 89.1 Å². The third-order valence-electron chi connectivity index (χ3n) is 18.1. The number of Topliss-reactive ketones (excluding diaryl/α,β-unsaturated/α-hetero) is 9. The molecule has 5 heterocycles. The fraction of sp³-hybridized carbons (Fsp3) is 0.247. The van der Waals surface area contributed by atoms with Gasteiger partial charge < -0.3 is 21.1 Å². The normalized spacial score (nSPS) is 22.2. The van der Waals surface area contributed by atoms with E-state index in [2.05, 4.69) is 37.0 Å². The first-order chi connectivity index (χ1) is 42.9. The number of carbonyl (C=O) groups is 9. The van der Waals surface area contributed by atoms with Crippen LogP contribution in [0.3, 0.4) is 0 Å². The molecule has 0 saturated carbocycles. The number of ketones is 9. The average Bonchev–Trinajstić information content (AvgIpc) is 0.759. The van der Waals surface area contributed by atoms with E-state index in [1.54, 1.807) is 73.1 Å². The highest BCUT2D eigenvalue weighted by Crippen LogP contribution is 2.53. The van der Waals surface area contributed by atoms with Gasteiger partial charge in [-0.15, -0.1) is 0 Å². The Kier molecular flexibility index (Phi) is 14.0. The molecule has 3 unspecified atom stereocenters. The van der Waals surface area contributed by atoms with Crippen molar-refractivity contribution in [3.05, 3.63) is 257 Å². The number of pyridine rings is 1. The number of carbonyl (C=O) groups excluding carboxylic acids is 9. The molecule has 6 aliphatic carbocycles. The predicted octanol–water partition coefficient (Wildman–Crippen LogP) is 10.8. The molecule has 0 amide bonds. The second-order valence-corrected chi connectivity index (χ2v) is 26.5. The van der Waals surface area contributed by atoms with Crippen LogP contribution >= 0.6 is 0 Å². The quantitative estimate of drug-likeness (QED) is 0.128. The number of aromatic nitrogens is 3. The van der Waals surface area contributed by atoms with E-state index in [0.29, 0.717) is 105 Å². The number of phenols is 1. The van der Waals surface area contributed by atoms with Crippen molar-refractivity contribution in [2.45, 2.75) is 97.8 Å². The van der Waals surface area contributed by atoms with Crippen LogP contribution in [0.2, 0.25) is 0 Å².